The maximum absolute atomic E-state index is 12.1. The van der Waals surface area contributed by atoms with E-state index >= 15 is 0 Å². The van der Waals surface area contributed by atoms with Gasteiger partial charge in [0.25, 0.3) is 5.91 Å². The van der Waals surface area contributed by atoms with Gasteiger partial charge in [0.05, 0.1) is 6.26 Å². The van der Waals surface area contributed by atoms with E-state index in [-0.39, 0.29) is 45.3 Å². The number of aryl methyl sites for hydroxylation is 1. The summed E-state index contributed by atoms with van der Waals surface area (Å²) in [5, 5.41) is 0. The zero-order valence-electron chi connectivity index (χ0n) is 15.0. The fraction of sp³-hybridized carbons (Fsp3) is 0.529. The van der Waals surface area contributed by atoms with Crippen molar-refractivity contribution < 1.29 is 27.5 Å². The van der Waals surface area contributed by atoms with Gasteiger partial charge in [-0.15, -0.1) is 0 Å². The number of rotatable bonds is 7. The van der Waals surface area contributed by atoms with Gasteiger partial charge in [-0.2, -0.15) is 4.31 Å². The molecule has 1 aromatic rings. The second kappa shape index (κ2) is 9.00. The molecule has 0 saturated carbocycles. The highest BCUT2D eigenvalue weighted by Gasteiger charge is 2.26. The molecule has 0 bridgehead atoms. The zero-order chi connectivity index (χ0) is 19.2. The van der Waals surface area contributed by atoms with Gasteiger partial charge in [-0.1, -0.05) is 25.1 Å². The van der Waals surface area contributed by atoms with Crippen LogP contribution in [0.1, 0.15) is 12.5 Å². The van der Waals surface area contributed by atoms with Gasteiger partial charge in [-0.25, -0.2) is 13.2 Å². The van der Waals surface area contributed by atoms with Crippen LogP contribution in [-0.4, -0.2) is 75.1 Å². The number of ether oxygens (including phenoxy) is 2. The number of hydrogen-bond donors (Lipinski definition) is 0. The van der Waals surface area contributed by atoms with Crippen LogP contribution in [-0.2, 0) is 30.8 Å². The molecule has 0 unspecified atom stereocenters. The molecule has 2 rings (SSSR count). The van der Waals surface area contributed by atoms with E-state index in [1.165, 1.54) is 9.21 Å². The average molecular weight is 384 g/mol. The van der Waals surface area contributed by atoms with Gasteiger partial charge < -0.3 is 14.4 Å². The van der Waals surface area contributed by atoms with Crippen LogP contribution in [0.3, 0.4) is 0 Å². The molecule has 1 heterocycles. The Hall–Kier alpha value is -2.13. The minimum atomic E-state index is -3.25. The van der Waals surface area contributed by atoms with E-state index in [1.54, 1.807) is 6.07 Å². The standard InChI is InChI=1S/C17H24N2O6S/c1-3-14-6-4-5-7-15(14)24-13-17(21)25-12-16(20)18-8-10-19(11-9-18)26(2,22)23/h4-7H,3,8-13H2,1-2H3. The van der Waals surface area contributed by atoms with Gasteiger partial charge in [0.1, 0.15) is 5.75 Å². The molecule has 0 atom stereocenters. The largest absolute Gasteiger partial charge is 0.482 e. The van der Waals surface area contributed by atoms with Crippen LogP contribution < -0.4 is 4.74 Å². The predicted molar refractivity (Wildman–Crippen MR) is 95.3 cm³/mol. The number of carbonyl (C=O) groups is 2. The Labute approximate surface area is 153 Å². The Balaban J connectivity index is 1.73. The van der Waals surface area contributed by atoms with Crippen LogP contribution in [0.25, 0.3) is 0 Å². The number of piperazine rings is 1. The topological polar surface area (TPSA) is 93.2 Å². The number of para-hydroxylation sites is 1. The molecular weight excluding hydrogens is 360 g/mol. The lowest BCUT2D eigenvalue weighted by Crippen LogP contribution is -2.51. The third kappa shape index (κ3) is 5.70. The van der Waals surface area contributed by atoms with E-state index in [1.807, 2.05) is 25.1 Å². The number of esters is 1. The summed E-state index contributed by atoms with van der Waals surface area (Å²) < 4.78 is 34.6. The number of sulfonamides is 1. The highest BCUT2D eigenvalue weighted by Crippen LogP contribution is 2.18. The summed E-state index contributed by atoms with van der Waals surface area (Å²) in [6.45, 7) is 2.39. The molecule has 1 saturated heterocycles. The molecule has 0 aromatic heterocycles. The van der Waals surface area contributed by atoms with Crippen LogP contribution in [0.15, 0.2) is 24.3 Å². The van der Waals surface area contributed by atoms with Crippen molar-refractivity contribution in [2.24, 2.45) is 0 Å². The van der Waals surface area contributed by atoms with Crippen LogP contribution in [0, 0.1) is 0 Å². The quantitative estimate of drug-likeness (QED) is 0.627. The predicted octanol–water partition coefficient (Wildman–Crippen LogP) is 0.275. The molecule has 1 aliphatic heterocycles. The molecule has 0 aliphatic carbocycles. The Morgan fingerprint density at radius 2 is 1.73 bits per heavy atom. The van der Waals surface area contributed by atoms with E-state index in [0.717, 1.165) is 18.2 Å². The van der Waals surface area contributed by atoms with Crippen molar-refractivity contribution in [2.45, 2.75) is 13.3 Å². The Bertz CT molecular complexity index is 741. The van der Waals surface area contributed by atoms with Crippen molar-refractivity contribution in [1.82, 2.24) is 9.21 Å². The number of benzene rings is 1. The minimum Gasteiger partial charge on any atom is -0.482 e. The second-order valence-electron chi connectivity index (χ2n) is 5.95. The number of hydrogen-bond acceptors (Lipinski definition) is 6. The van der Waals surface area contributed by atoms with Gasteiger partial charge in [0.2, 0.25) is 10.0 Å². The van der Waals surface area contributed by atoms with Crippen molar-refractivity contribution in [2.75, 3.05) is 45.6 Å². The summed E-state index contributed by atoms with van der Waals surface area (Å²) in [6.07, 6.45) is 1.92. The highest BCUT2D eigenvalue weighted by molar-refractivity contribution is 7.88. The van der Waals surface area contributed by atoms with E-state index in [0.29, 0.717) is 5.75 Å². The summed E-state index contributed by atoms with van der Waals surface area (Å²) in [6, 6.07) is 7.41. The molecule has 144 valence electrons. The Kier molecular flexibility index (Phi) is 6.98. The van der Waals surface area contributed by atoms with E-state index < -0.39 is 16.0 Å². The average Bonchev–Trinajstić information content (AvgIpc) is 2.64. The van der Waals surface area contributed by atoms with Crippen LogP contribution in [0.2, 0.25) is 0 Å². The van der Waals surface area contributed by atoms with Crippen LogP contribution >= 0.6 is 0 Å². The molecule has 8 nitrogen and oxygen atoms in total. The molecule has 1 aliphatic rings. The zero-order valence-corrected chi connectivity index (χ0v) is 15.8. The summed E-state index contributed by atoms with van der Waals surface area (Å²) >= 11 is 0. The molecular formula is C17H24N2O6S. The highest BCUT2D eigenvalue weighted by atomic mass is 32.2. The number of carbonyl (C=O) groups excluding carboxylic acids is 2. The first-order valence-corrected chi connectivity index (χ1v) is 10.2. The Morgan fingerprint density at radius 1 is 1.08 bits per heavy atom. The van der Waals surface area contributed by atoms with Crippen molar-refractivity contribution in [1.29, 1.82) is 0 Å². The first-order valence-electron chi connectivity index (χ1n) is 8.40. The molecule has 0 radical (unpaired) electrons. The maximum Gasteiger partial charge on any atom is 0.344 e. The van der Waals surface area contributed by atoms with Gasteiger partial charge in [0, 0.05) is 26.2 Å². The van der Waals surface area contributed by atoms with E-state index in [9.17, 15) is 18.0 Å². The molecule has 0 spiro atoms. The van der Waals surface area contributed by atoms with Gasteiger partial charge in [-0.05, 0) is 18.1 Å². The minimum absolute atomic E-state index is 0.245. The van der Waals surface area contributed by atoms with Crippen molar-refractivity contribution in [3.63, 3.8) is 0 Å². The normalized spacial score (nSPS) is 15.5. The lowest BCUT2D eigenvalue weighted by atomic mass is 10.1. The maximum atomic E-state index is 12.1. The van der Waals surface area contributed by atoms with Crippen molar-refractivity contribution in [3.05, 3.63) is 29.8 Å². The monoisotopic (exact) mass is 384 g/mol. The first kappa shape index (κ1) is 20.2. The van der Waals surface area contributed by atoms with Gasteiger partial charge >= 0.3 is 5.97 Å². The summed E-state index contributed by atoms with van der Waals surface area (Å²) in [4.78, 5) is 25.3. The summed E-state index contributed by atoms with van der Waals surface area (Å²) in [5.41, 5.74) is 0.986. The van der Waals surface area contributed by atoms with Crippen molar-refractivity contribution in [3.8, 4) is 5.75 Å². The molecule has 26 heavy (non-hydrogen) atoms. The molecule has 1 fully saturated rings. The van der Waals surface area contributed by atoms with Gasteiger partial charge in [-0.3, -0.25) is 4.79 Å². The Morgan fingerprint density at radius 3 is 2.35 bits per heavy atom. The lowest BCUT2D eigenvalue weighted by molar-refractivity contribution is -0.154. The fourth-order valence-electron chi connectivity index (χ4n) is 2.62. The van der Waals surface area contributed by atoms with Gasteiger partial charge in [0.15, 0.2) is 13.2 Å². The molecule has 1 amide bonds. The lowest BCUT2D eigenvalue weighted by Gasteiger charge is -2.33. The van der Waals surface area contributed by atoms with E-state index in [4.69, 9.17) is 9.47 Å². The molecule has 9 heteroatoms. The smallest absolute Gasteiger partial charge is 0.344 e. The van der Waals surface area contributed by atoms with Crippen LogP contribution in [0.5, 0.6) is 5.75 Å². The first-order chi connectivity index (χ1) is 12.3. The summed E-state index contributed by atoms with van der Waals surface area (Å²) in [7, 11) is -3.25. The third-order valence-electron chi connectivity index (χ3n) is 4.12. The molecule has 0 N–H and O–H groups in total. The number of nitrogens with zero attached hydrogens (tertiary/aromatic N) is 2. The second-order valence-corrected chi connectivity index (χ2v) is 7.94. The third-order valence-corrected chi connectivity index (χ3v) is 5.42. The van der Waals surface area contributed by atoms with E-state index in [2.05, 4.69) is 0 Å². The van der Waals surface area contributed by atoms with Crippen LogP contribution in [0.4, 0.5) is 0 Å². The fourth-order valence-corrected chi connectivity index (χ4v) is 3.44. The van der Waals surface area contributed by atoms with Crippen molar-refractivity contribution >= 4 is 21.9 Å². The summed E-state index contributed by atoms with van der Waals surface area (Å²) in [5.74, 6) is -0.352. The number of amides is 1. The SMILES string of the molecule is CCc1ccccc1OCC(=O)OCC(=O)N1CCN(S(C)(=O)=O)CC1. The molecule has 1 aromatic carbocycles.